The minimum absolute atomic E-state index is 0.0390. The second kappa shape index (κ2) is 9.26. The van der Waals surface area contributed by atoms with Gasteiger partial charge in [-0.2, -0.15) is 0 Å². The number of benzene rings is 2. The Kier molecular flexibility index (Phi) is 6.28. The van der Waals surface area contributed by atoms with E-state index in [0.29, 0.717) is 44.9 Å². The number of ether oxygens (including phenoxy) is 1. The van der Waals surface area contributed by atoms with Gasteiger partial charge >= 0.3 is 6.03 Å². The van der Waals surface area contributed by atoms with E-state index in [1.54, 1.807) is 28.0 Å². The zero-order valence-electron chi connectivity index (χ0n) is 16.9. The van der Waals surface area contributed by atoms with Gasteiger partial charge in [0, 0.05) is 32.7 Å². The fraction of sp³-hybridized carbons (Fsp3) is 0.391. The molecule has 3 amide bonds. The van der Waals surface area contributed by atoms with Crippen LogP contribution in [-0.2, 0) is 22.4 Å². The molecule has 1 atom stereocenters. The van der Waals surface area contributed by atoms with Crippen molar-refractivity contribution in [1.82, 2.24) is 15.1 Å². The first-order chi connectivity index (χ1) is 14.6. The van der Waals surface area contributed by atoms with E-state index in [1.165, 1.54) is 11.6 Å². The Labute approximate surface area is 175 Å². The first-order valence-electron chi connectivity index (χ1n) is 10.3. The summed E-state index contributed by atoms with van der Waals surface area (Å²) in [7, 11) is 0. The van der Waals surface area contributed by atoms with E-state index in [9.17, 15) is 14.0 Å². The topological polar surface area (TPSA) is 61.9 Å². The van der Waals surface area contributed by atoms with E-state index in [0.717, 1.165) is 12.0 Å². The average molecular weight is 411 g/mol. The minimum atomic E-state index is -0.365. The van der Waals surface area contributed by atoms with Crippen LogP contribution in [0.4, 0.5) is 9.18 Å². The van der Waals surface area contributed by atoms with Crippen LogP contribution in [-0.4, -0.2) is 61.1 Å². The summed E-state index contributed by atoms with van der Waals surface area (Å²) in [6.45, 7) is 2.88. The summed E-state index contributed by atoms with van der Waals surface area (Å²) in [5, 5.41) is 2.96. The fourth-order valence-corrected chi connectivity index (χ4v) is 4.01. The third-order valence-electron chi connectivity index (χ3n) is 5.75. The highest BCUT2D eigenvalue weighted by atomic mass is 19.1. The van der Waals surface area contributed by atoms with E-state index in [-0.39, 0.29) is 30.3 Å². The number of hydrogen-bond donors (Lipinski definition) is 1. The van der Waals surface area contributed by atoms with Gasteiger partial charge in [-0.1, -0.05) is 42.5 Å². The standard InChI is InChI=1S/C23H26FN3O3/c24-20-8-4-2-6-18(20)15-22(28)26-10-12-27(13-11-26)23(29)25-16-21-19-7-3-1-5-17(19)9-14-30-21/h1-8,21H,9-16H2,(H,25,29). The van der Waals surface area contributed by atoms with Gasteiger partial charge in [0.1, 0.15) is 11.9 Å². The first-order valence-corrected chi connectivity index (χ1v) is 10.3. The van der Waals surface area contributed by atoms with Crippen LogP contribution in [0.1, 0.15) is 22.8 Å². The second-order valence-corrected chi connectivity index (χ2v) is 7.63. The van der Waals surface area contributed by atoms with Gasteiger partial charge in [0.25, 0.3) is 0 Å². The molecule has 1 N–H and O–H groups in total. The van der Waals surface area contributed by atoms with Crippen LogP contribution in [0.2, 0.25) is 0 Å². The van der Waals surface area contributed by atoms with Crippen LogP contribution in [0.25, 0.3) is 0 Å². The molecular formula is C23H26FN3O3. The first kappa shape index (κ1) is 20.3. The molecule has 1 saturated heterocycles. The summed E-state index contributed by atoms with van der Waals surface area (Å²) in [6.07, 6.45) is 0.795. The molecule has 2 aromatic carbocycles. The normalized spacial score (nSPS) is 18.6. The Hall–Kier alpha value is -2.93. The van der Waals surface area contributed by atoms with Crippen LogP contribution in [0.3, 0.4) is 0 Å². The number of nitrogens with zero attached hydrogens (tertiary/aromatic N) is 2. The number of urea groups is 1. The molecule has 2 aromatic rings. The molecule has 0 saturated carbocycles. The molecule has 4 rings (SSSR count). The number of hydrogen-bond acceptors (Lipinski definition) is 3. The molecule has 0 bridgehead atoms. The van der Waals surface area contributed by atoms with Crippen molar-refractivity contribution in [3.63, 3.8) is 0 Å². The minimum Gasteiger partial charge on any atom is -0.371 e. The van der Waals surface area contributed by atoms with Gasteiger partial charge in [-0.3, -0.25) is 4.79 Å². The lowest BCUT2D eigenvalue weighted by molar-refractivity contribution is -0.131. The van der Waals surface area contributed by atoms with Crippen LogP contribution in [0.5, 0.6) is 0 Å². The third-order valence-corrected chi connectivity index (χ3v) is 5.75. The Balaban J connectivity index is 1.25. The number of rotatable bonds is 4. The van der Waals surface area contributed by atoms with Crippen molar-refractivity contribution in [2.45, 2.75) is 18.9 Å². The Morgan fingerprint density at radius 3 is 2.50 bits per heavy atom. The van der Waals surface area contributed by atoms with Gasteiger partial charge < -0.3 is 19.9 Å². The molecule has 158 valence electrons. The monoisotopic (exact) mass is 411 g/mol. The predicted molar refractivity (Wildman–Crippen MR) is 110 cm³/mol. The maximum absolute atomic E-state index is 13.8. The van der Waals surface area contributed by atoms with E-state index in [2.05, 4.69) is 11.4 Å². The number of nitrogens with one attached hydrogen (secondary N) is 1. The van der Waals surface area contributed by atoms with Crippen LogP contribution >= 0.6 is 0 Å². The number of carbonyl (C=O) groups excluding carboxylic acids is 2. The molecule has 2 aliphatic heterocycles. The van der Waals surface area contributed by atoms with Crippen molar-refractivity contribution in [2.24, 2.45) is 0 Å². The summed E-state index contributed by atoms with van der Waals surface area (Å²) in [5.74, 6) is -0.484. The molecule has 0 spiro atoms. The molecule has 2 aliphatic rings. The third kappa shape index (κ3) is 4.62. The van der Waals surface area contributed by atoms with Crippen molar-refractivity contribution in [3.05, 3.63) is 71.0 Å². The average Bonchev–Trinajstić information content (AvgIpc) is 2.79. The number of carbonyl (C=O) groups is 2. The van der Waals surface area contributed by atoms with Gasteiger partial charge in [0.2, 0.25) is 5.91 Å². The summed E-state index contributed by atoms with van der Waals surface area (Å²) in [4.78, 5) is 28.4. The Morgan fingerprint density at radius 1 is 1.00 bits per heavy atom. The highest BCUT2D eigenvalue weighted by Crippen LogP contribution is 2.26. The van der Waals surface area contributed by atoms with Crippen molar-refractivity contribution < 1.29 is 18.7 Å². The largest absolute Gasteiger partial charge is 0.371 e. The molecule has 1 fully saturated rings. The van der Waals surface area contributed by atoms with E-state index >= 15 is 0 Å². The van der Waals surface area contributed by atoms with Gasteiger partial charge in [0.05, 0.1) is 13.0 Å². The Morgan fingerprint density at radius 2 is 1.70 bits per heavy atom. The lowest BCUT2D eigenvalue weighted by Gasteiger charge is -2.35. The smallest absolute Gasteiger partial charge is 0.317 e. The summed E-state index contributed by atoms with van der Waals surface area (Å²) in [5.41, 5.74) is 2.80. The lowest BCUT2D eigenvalue weighted by Crippen LogP contribution is -2.53. The Bertz CT molecular complexity index is 912. The zero-order chi connectivity index (χ0) is 20.9. The number of piperazine rings is 1. The highest BCUT2D eigenvalue weighted by molar-refractivity contribution is 5.79. The fourth-order valence-electron chi connectivity index (χ4n) is 4.01. The molecule has 6 nitrogen and oxygen atoms in total. The molecule has 30 heavy (non-hydrogen) atoms. The van der Waals surface area contributed by atoms with E-state index < -0.39 is 0 Å². The summed E-state index contributed by atoms with van der Waals surface area (Å²) in [6, 6.07) is 14.3. The van der Waals surface area contributed by atoms with Crippen molar-refractivity contribution in [3.8, 4) is 0 Å². The van der Waals surface area contributed by atoms with Crippen molar-refractivity contribution in [2.75, 3.05) is 39.3 Å². The number of halogens is 1. The van der Waals surface area contributed by atoms with E-state index in [4.69, 9.17) is 4.74 Å². The van der Waals surface area contributed by atoms with Gasteiger partial charge in [0.15, 0.2) is 0 Å². The molecule has 0 radical (unpaired) electrons. The number of amides is 3. The molecule has 0 aliphatic carbocycles. The van der Waals surface area contributed by atoms with Crippen molar-refractivity contribution >= 4 is 11.9 Å². The summed E-state index contributed by atoms with van der Waals surface area (Å²) >= 11 is 0. The molecular weight excluding hydrogens is 385 g/mol. The quantitative estimate of drug-likeness (QED) is 0.841. The molecule has 7 heteroatoms. The number of fused-ring (bicyclic) bond motifs is 1. The van der Waals surface area contributed by atoms with Crippen LogP contribution < -0.4 is 5.32 Å². The lowest BCUT2D eigenvalue weighted by atomic mass is 9.98. The summed E-state index contributed by atoms with van der Waals surface area (Å²) < 4.78 is 19.6. The van der Waals surface area contributed by atoms with Crippen LogP contribution in [0, 0.1) is 5.82 Å². The van der Waals surface area contributed by atoms with Gasteiger partial charge in [-0.05, 0) is 29.2 Å². The van der Waals surface area contributed by atoms with E-state index in [1.807, 2.05) is 18.2 Å². The predicted octanol–water partition coefficient (Wildman–Crippen LogP) is 2.54. The molecule has 0 aromatic heterocycles. The molecule has 2 heterocycles. The van der Waals surface area contributed by atoms with Gasteiger partial charge in [-0.15, -0.1) is 0 Å². The van der Waals surface area contributed by atoms with Crippen molar-refractivity contribution in [1.29, 1.82) is 0 Å². The van der Waals surface area contributed by atoms with Crippen LogP contribution in [0.15, 0.2) is 48.5 Å². The second-order valence-electron chi connectivity index (χ2n) is 7.63. The maximum Gasteiger partial charge on any atom is 0.317 e. The SMILES string of the molecule is O=C(Cc1ccccc1F)N1CCN(C(=O)NCC2OCCc3ccccc32)CC1. The maximum atomic E-state index is 13.8. The highest BCUT2D eigenvalue weighted by Gasteiger charge is 2.26. The molecule has 1 unspecified atom stereocenters. The zero-order valence-corrected chi connectivity index (χ0v) is 16.9. The van der Waals surface area contributed by atoms with Gasteiger partial charge in [-0.25, -0.2) is 9.18 Å².